The summed E-state index contributed by atoms with van der Waals surface area (Å²) in [4.78, 5) is 8.69. The maximum atomic E-state index is 13.0. The second-order valence-corrected chi connectivity index (χ2v) is 6.27. The zero-order valence-corrected chi connectivity index (χ0v) is 15.7. The Bertz CT molecular complexity index is 913. The van der Waals surface area contributed by atoms with Crippen molar-refractivity contribution in [2.75, 3.05) is 7.05 Å². The van der Waals surface area contributed by atoms with Crippen molar-refractivity contribution in [2.45, 2.75) is 26.9 Å². The van der Waals surface area contributed by atoms with Crippen molar-refractivity contribution in [2.24, 2.45) is 4.99 Å². The highest BCUT2D eigenvalue weighted by molar-refractivity contribution is 5.79. The number of halogens is 1. The van der Waals surface area contributed by atoms with Crippen molar-refractivity contribution in [1.82, 2.24) is 25.4 Å². The zero-order chi connectivity index (χ0) is 19.2. The van der Waals surface area contributed by atoms with Crippen LogP contribution in [0.2, 0.25) is 0 Å². The molecule has 0 saturated heterocycles. The fourth-order valence-electron chi connectivity index (χ4n) is 2.70. The number of aromatic nitrogens is 3. The Labute approximate surface area is 158 Å². The highest BCUT2D eigenvalue weighted by Gasteiger charge is 2.05. The maximum Gasteiger partial charge on any atom is 0.191 e. The van der Waals surface area contributed by atoms with Gasteiger partial charge in [0, 0.05) is 32.0 Å². The number of aliphatic imine (C=N–C) groups is 1. The van der Waals surface area contributed by atoms with Gasteiger partial charge in [-0.15, -0.1) is 0 Å². The van der Waals surface area contributed by atoms with Gasteiger partial charge in [-0.25, -0.2) is 14.1 Å². The predicted molar refractivity (Wildman–Crippen MR) is 104 cm³/mol. The van der Waals surface area contributed by atoms with Crippen LogP contribution in [0.3, 0.4) is 0 Å². The van der Waals surface area contributed by atoms with Crippen LogP contribution in [-0.4, -0.2) is 27.8 Å². The van der Waals surface area contributed by atoms with Crippen molar-refractivity contribution in [3.8, 4) is 5.82 Å². The third-order valence-electron chi connectivity index (χ3n) is 4.09. The molecule has 0 unspecified atom stereocenters. The summed E-state index contributed by atoms with van der Waals surface area (Å²) in [6.07, 6.45) is 1.83. The van der Waals surface area contributed by atoms with Crippen LogP contribution >= 0.6 is 0 Å². The number of nitrogens with zero attached hydrogens (tertiary/aromatic N) is 4. The highest BCUT2D eigenvalue weighted by atomic mass is 19.1. The Kier molecular flexibility index (Phi) is 5.80. The van der Waals surface area contributed by atoms with Crippen LogP contribution in [0.25, 0.3) is 5.82 Å². The lowest BCUT2D eigenvalue weighted by Crippen LogP contribution is -2.36. The molecule has 140 valence electrons. The van der Waals surface area contributed by atoms with E-state index >= 15 is 0 Å². The minimum Gasteiger partial charge on any atom is -0.352 e. The van der Waals surface area contributed by atoms with Crippen molar-refractivity contribution in [1.29, 1.82) is 0 Å². The highest BCUT2D eigenvalue weighted by Crippen LogP contribution is 2.10. The lowest BCUT2D eigenvalue weighted by Gasteiger charge is -2.12. The largest absolute Gasteiger partial charge is 0.352 e. The summed E-state index contributed by atoms with van der Waals surface area (Å²) in [7, 11) is 1.71. The molecule has 0 aliphatic carbocycles. The summed E-state index contributed by atoms with van der Waals surface area (Å²) >= 11 is 0. The van der Waals surface area contributed by atoms with Crippen LogP contribution in [-0.2, 0) is 13.1 Å². The first-order valence-electron chi connectivity index (χ1n) is 8.72. The van der Waals surface area contributed by atoms with Gasteiger partial charge < -0.3 is 10.6 Å². The molecule has 6 nitrogen and oxygen atoms in total. The van der Waals surface area contributed by atoms with Crippen molar-refractivity contribution < 1.29 is 4.39 Å². The molecule has 0 aliphatic rings. The van der Waals surface area contributed by atoms with E-state index in [1.165, 1.54) is 12.1 Å². The first-order chi connectivity index (χ1) is 13.0. The van der Waals surface area contributed by atoms with E-state index in [4.69, 9.17) is 0 Å². The molecule has 3 aromatic rings. The summed E-state index contributed by atoms with van der Waals surface area (Å²) in [6.45, 7) is 5.13. The van der Waals surface area contributed by atoms with Crippen molar-refractivity contribution in [3.05, 3.63) is 77.0 Å². The molecule has 0 spiro atoms. The van der Waals surface area contributed by atoms with Gasteiger partial charge in [-0.05, 0) is 49.2 Å². The number of hydrogen-bond donors (Lipinski definition) is 2. The molecule has 0 saturated carbocycles. The van der Waals surface area contributed by atoms with Crippen LogP contribution < -0.4 is 10.6 Å². The minimum atomic E-state index is -0.238. The fraction of sp³-hybridized carbons (Fsp3) is 0.250. The molecule has 0 radical (unpaired) electrons. The fourth-order valence-corrected chi connectivity index (χ4v) is 2.70. The quantitative estimate of drug-likeness (QED) is 0.538. The first-order valence-corrected chi connectivity index (χ1v) is 8.72. The molecular weight excluding hydrogens is 343 g/mol. The molecule has 3 rings (SSSR count). The third kappa shape index (κ3) is 4.91. The van der Waals surface area contributed by atoms with Gasteiger partial charge in [0.15, 0.2) is 11.8 Å². The Morgan fingerprint density at radius 3 is 2.26 bits per heavy atom. The van der Waals surface area contributed by atoms with Crippen LogP contribution in [0.1, 0.15) is 22.5 Å². The third-order valence-corrected chi connectivity index (χ3v) is 4.09. The van der Waals surface area contributed by atoms with Gasteiger partial charge in [-0.3, -0.25) is 4.99 Å². The van der Waals surface area contributed by atoms with Crippen molar-refractivity contribution in [3.63, 3.8) is 0 Å². The van der Waals surface area contributed by atoms with E-state index in [9.17, 15) is 4.39 Å². The van der Waals surface area contributed by atoms with E-state index in [-0.39, 0.29) is 5.82 Å². The number of rotatable bonds is 5. The van der Waals surface area contributed by atoms with Gasteiger partial charge in [-0.2, -0.15) is 5.10 Å². The molecule has 0 amide bonds. The summed E-state index contributed by atoms with van der Waals surface area (Å²) in [5, 5.41) is 10.9. The number of guanidine groups is 1. The molecule has 1 aromatic carbocycles. The molecule has 7 heteroatoms. The van der Waals surface area contributed by atoms with E-state index in [1.807, 2.05) is 42.9 Å². The van der Waals surface area contributed by atoms with Crippen molar-refractivity contribution >= 4 is 5.96 Å². The topological polar surface area (TPSA) is 67.1 Å². The molecule has 2 heterocycles. The number of benzene rings is 1. The van der Waals surface area contributed by atoms with Crippen LogP contribution in [0.15, 0.2) is 53.7 Å². The van der Waals surface area contributed by atoms with Gasteiger partial charge in [0.05, 0.1) is 5.69 Å². The average molecular weight is 366 g/mol. The number of nitrogens with one attached hydrogen (secondary N) is 2. The SMILES string of the molecule is CN=C(NCc1ccc(F)cc1)NCc1ccc(-n2nc(C)cc2C)nc1. The lowest BCUT2D eigenvalue weighted by molar-refractivity contribution is 0.626. The molecule has 0 fully saturated rings. The number of hydrogen-bond acceptors (Lipinski definition) is 3. The summed E-state index contributed by atoms with van der Waals surface area (Å²) in [5.41, 5.74) is 4.03. The van der Waals surface area contributed by atoms with Gasteiger partial charge in [-0.1, -0.05) is 18.2 Å². The van der Waals surface area contributed by atoms with Crippen LogP contribution in [0, 0.1) is 19.7 Å². The van der Waals surface area contributed by atoms with Gasteiger partial charge in [0.2, 0.25) is 0 Å². The standard InChI is InChI=1S/C20H23FN6/c1-14-10-15(2)27(26-14)19-9-6-17(12-23-19)13-25-20(22-3)24-11-16-4-7-18(21)8-5-16/h4-10,12H,11,13H2,1-3H3,(H2,22,24,25). The van der Waals surface area contributed by atoms with E-state index in [2.05, 4.69) is 25.7 Å². The minimum absolute atomic E-state index is 0.238. The molecule has 0 aliphatic heterocycles. The van der Waals surface area contributed by atoms with Crippen LogP contribution in [0.4, 0.5) is 4.39 Å². The van der Waals surface area contributed by atoms with Gasteiger partial charge >= 0.3 is 0 Å². The normalized spacial score (nSPS) is 11.5. The molecule has 2 aromatic heterocycles. The lowest BCUT2D eigenvalue weighted by atomic mass is 10.2. The van der Waals surface area contributed by atoms with E-state index in [1.54, 1.807) is 19.2 Å². The predicted octanol–water partition coefficient (Wildman–Crippen LogP) is 2.89. The Morgan fingerprint density at radius 2 is 1.70 bits per heavy atom. The summed E-state index contributed by atoms with van der Waals surface area (Å²) in [6, 6.07) is 12.4. The maximum absolute atomic E-state index is 13.0. The Morgan fingerprint density at radius 1 is 1.04 bits per heavy atom. The van der Waals surface area contributed by atoms with Gasteiger partial charge in [0.25, 0.3) is 0 Å². The summed E-state index contributed by atoms with van der Waals surface area (Å²) < 4.78 is 14.8. The second kappa shape index (κ2) is 8.44. The number of pyridine rings is 1. The van der Waals surface area contributed by atoms with Crippen LogP contribution in [0.5, 0.6) is 0 Å². The van der Waals surface area contributed by atoms with E-state index in [0.717, 1.165) is 28.3 Å². The molecule has 0 bridgehead atoms. The Hall–Kier alpha value is -3.22. The smallest absolute Gasteiger partial charge is 0.191 e. The van der Waals surface area contributed by atoms with E-state index in [0.29, 0.717) is 19.0 Å². The summed E-state index contributed by atoms with van der Waals surface area (Å²) in [5.74, 6) is 1.22. The molecule has 0 atom stereocenters. The molecule has 2 N–H and O–H groups in total. The molecule has 27 heavy (non-hydrogen) atoms. The second-order valence-electron chi connectivity index (χ2n) is 6.27. The van der Waals surface area contributed by atoms with Gasteiger partial charge in [0.1, 0.15) is 5.82 Å². The monoisotopic (exact) mass is 366 g/mol. The first kappa shape index (κ1) is 18.6. The Balaban J connectivity index is 1.55. The number of aryl methyl sites for hydroxylation is 2. The molecular formula is C20H23FN6. The average Bonchev–Trinajstić information content (AvgIpc) is 3.02. The zero-order valence-electron chi connectivity index (χ0n) is 15.7. The van der Waals surface area contributed by atoms with E-state index < -0.39 is 0 Å².